The van der Waals surface area contributed by atoms with E-state index in [0.717, 1.165) is 21.9 Å². The number of nitrogens with zero attached hydrogens (tertiary/aromatic N) is 3. The maximum Gasteiger partial charge on any atom is 0.0817 e. The molecule has 5 aromatic rings. The summed E-state index contributed by atoms with van der Waals surface area (Å²) in [5.41, 5.74) is 3.07. The second kappa shape index (κ2) is 4.04. The van der Waals surface area contributed by atoms with Gasteiger partial charge in [0, 0.05) is 52.6 Å². The first kappa shape index (κ1) is 11.7. The number of rotatable bonds is 0. The molecule has 0 aliphatic rings. The van der Waals surface area contributed by atoms with E-state index in [1.807, 2.05) is 18.3 Å². The van der Waals surface area contributed by atoms with E-state index in [9.17, 15) is 0 Å². The SMILES string of the molecule is Cn1cc2c(c1)c1ncccc1c1nc3ccccc3cc21. The normalized spacial score (nSPS) is 11.9. The van der Waals surface area contributed by atoms with Crippen molar-refractivity contribution in [1.29, 1.82) is 0 Å². The highest BCUT2D eigenvalue weighted by Gasteiger charge is 2.12. The number of pyridine rings is 2. The first-order valence-electron chi connectivity index (χ1n) is 7.33. The molecule has 0 amide bonds. The highest BCUT2D eigenvalue weighted by atomic mass is 14.9. The minimum atomic E-state index is 1.02. The second-order valence-corrected chi connectivity index (χ2v) is 5.73. The Labute approximate surface area is 126 Å². The predicted molar refractivity (Wildman–Crippen MR) is 91.0 cm³/mol. The van der Waals surface area contributed by atoms with Crippen LogP contribution in [-0.2, 0) is 7.05 Å². The van der Waals surface area contributed by atoms with Crippen LogP contribution in [0.3, 0.4) is 0 Å². The molecule has 0 saturated heterocycles. The van der Waals surface area contributed by atoms with Crippen LogP contribution in [0.5, 0.6) is 0 Å². The van der Waals surface area contributed by atoms with Crippen LogP contribution in [0.2, 0.25) is 0 Å². The molecule has 0 aliphatic carbocycles. The third kappa shape index (κ3) is 1.45. The van der Waals surface area contributed by atoms with Crippen LogP contribution in [0.25, 0.3) is 43.5 Å². The van der Waals surface area contributed by atoms with E-state index in [1.165, 1.54) is 21.5 Å². The lowest BCUT2D eigenvalue weighted by atomic mass is 10.0. The fraction of sp³-hybridized carbons (Fsp3) is 0.0526. The summed E-state index contributed by atoms with van der Waals surface area (Å²) in [4.78, 5) is 9.52. The van der Waals surface area contributed by atoms with Crippen molar-refractivity contribution in [3.8, 4) is 0 Å². The van der Waals surface area contributed by atoms with Gasteiger partial charge in [0.1, 0.15) is 0 Å². The summed E-state index contributed by atoms with van der Waals surface area (Å²) in [7, 11) is 2.05. The Morgan fingerprint density at radius 1 is 0.818 bits per heavy atom. The highest BCUT2D eigenvalue weighted by molar-refractivity contribution is 6.24. The molecule has 0 bridgehead atoms. The number of hydrogen-bond donors (Lipinski definition) is 0. The quantitative estimate of drug-likeness (QED) is 0.311. The molecule has 3 aromatic heterocycles. The average Bonchev–Trinajstić information content (AvgIpc) is 2.95. The van der Waals surface area contributed by atoms with Gasteiger partial charge >= 0.3 is 0 Å². The predicted octanol–water partition coefficient (Wildman–Crippen LogP) is 4.43. The standard InChI is InChI=1S/C19H13N3/c1-22-10-15-14-9-12-5-2-3-7-17(12)21-19(14)13-6-4-8-20-18(13)16(15)11-22/h2-11H,1H3. The van der Waals surface area contributed by atoms with Crippen LogP contribution in [0.15, 0.2) is 61.1 Å². The summed E-state index contributed by atoms with van der Waals surface area (Å²) in [6.45, 7) is 0. The maximum atomic E-state index is 4.92. The fourth-order valence-corrected chi connectivity index (χ4v) is 3.32. The van der Waals surface area contributed by atoms with Gasteiger partial charge in [0.2, 0.25) is 0 Å². The van der Waals surface area contributed by atoms with Crippen molar-refractivity contribution in [2.75, 3.05) is 0 Å². The molecule has 22 heavy (non-hydrogen) atoms. The lowest BCUT2D eigenvalue weighted by molar-refractivity contribution is 0.934. The molecular weight excluding hydrogens is 270 g/mol. The topological polar surface area (TPSA) is 30.7 Å². The first-order chi connectivity index (χ1) is 10.8. The fourth-order valence-electron chi connectivity index (χ4n) is 3.32. The van der Waals surface area contributed by atoms with Crippen molar-refractivity contribution in [3.63, 3.8) is 0 Å². The average molecular weight is 283 g/mol. The van der Waals surface area contributed by atoms with E-state index < -0.39 is 0 Å². The largest absolute Gasteiger partial charge is 0.356 e. The summed E-state index contributed by atoms with van der Waals surface area (Å²) in [5.74, 6) is 0. The molecule has 104 valence electrons. The van der Waals surface area contributed by atoms with Gasteiger partial charge < -0.3 is 4.57 Å². The van der Waals surface area contributed by atoms with Gasteiger partial charge in [-0.15, -0.1) is 0 Å². The molecule has 3 heterocycles. The molecule has 5 rings (SSSR count). The van der Waals surface area contributed by atoms with Crippen molar-refractivity contribution >= 4 is 43.5 Å². The Balaban J connectivity index is 2.17. The van der Waals surface area contributed by atoms with Gasteiger partial charge in [-0.05, 0) is 24.3 Å². The molecule has 0 radical (unpaired) electrons. The highest BCUT2D eigenvalue weighted by Crippen LogP contribution is 2.34. The molecular formula is C19H13N3. The van der Waals surface area contributed by atoms with Crippen molar-refractivity contribution in [1.82, 2.24) is 14.5 Å². The molecule has 3 heteroatoms. The van der Waals surface area contributed by atoms with Gasteiger partial charge in [0.25, 0.3) is 0 Å². The van der Waals surface area contributed by atoms with Crippen LogP contribution >= 0.6 is 0 Å². The zero-order valence-corrected chi connectivity index (χ0v) is 12.1. The summed E-state index contributed by atoms with van der Waals surface area (Å²) in [5, 5.41) is 5.87. The minimum Gasteiger partial charge on any atom is -0.356 e. The molecule has 0 N–H and O–H groups in total. The Morgan fingerprint density at radius 2 is 1.68 bits per heavy atom. The van der Waals surface area contributed by atoms with Crippen LogP contribution in [0, 0.1) is 0 Å². The molecule has 3 nitrogen and oxygen atoms in total. The van der Waals surface area contributed by atoms with Gasteiger partial charge in [-0.1, -0.05) is 18.2 Å². The third-order valence-corrected chi connectivity index (χ3v) is 4.29. The zero-order chi connectivity index (χ0) is 14.7. The smallest absolute Gasteiger partial charge is 0.0817 e. The van der Waals surface area contributed by atoms with E-state index in [2.05, 4.69) is 59.3 Å². The van der Waals surface area contributed by atoms with Gasteiger partial charge in [-0.2, -0.15) is 0 Å². The van der Waals surface area contributed by atoms with Crippen molar-refractivity contribution in [3.05, 3.63) is 61.1 Å². The number of para-hydroxylation sites is 1. The Morgan fingerprint density at radius 3 is 2.64 bits per heavy atom. The molecule has 2 aromatic carbocycles. The molecule has 0 saturated carbocycles. The van der Waals surface area contributed by atoms with Crippen molar-refractivity contribution < 1.29 is 0 Å². The van der Waals surface area contributed by atoms with E-state index in [4.69, 9.17) is 4.98 Å². The van der Waals surface area contributed by atoms with Crippen LogP contribution < -0.4 is 0 Å². The van der Waals surface area contributed by atoms with Gasteiger partial charge in [0.05, 0.1) is 16.6 Å². The summed E-state index contributed by atoms with van der Waals surface area (Å²) in [6.07, 6.45) is 6.14. The Bertz CT molecular complexity index is 1190. The molecule has 0 fully saturated rings. The van der Waals surface area contributed by atoms with Gasteiger partial charge in [-0.3, -0.25) is 4.98 Å². The first-order valence-corrected chi connectivity index (χ1v) is 7.33. The van der Waals surface area contributed by atoms with Gasteiger partial charge in [-0.25, -0.2) is 4.98 Å². The number of aromatic nitrogens is 3. The van der Waals surface area contributed by atoms with E-state index in [1.54, 1.807) is 0 Å². The lowest BCUT2D eigenvalue weighted by Gasteiger charge is -2.07. The Hall–Kier alpha value is -2.94. The van der Waals surface area contributed by atoms with E-state index in [-0.39, 0.29) is 0 Å². The number of fused-ring (bicyclic) bond motifs is 7. The third-order valence-electron chi connectivity index (χ3n) is 4.29. The summed E-state index contributed by atoms with van der Waals surface area (Å²) in [6, 6.07) is 14.6. The lowest BCUT2D eigenvalue weighted by Crippen LogP contribution is -1.87. The van der Waals surface area contributed by atoms with Crippen LogP contribution in [-0.4, -0.2) is 14.5 Å². The maximum absolute atomic E-state index is 4.92. The van der Waals surface area contributed by atoms with E-state index >= 15 is 0 Å². The van der Waals surface area contributed by atoms with Gasteiger partial charge in [0.15, 0.2) is 0 Å². The number of aryl methyl sites for hydroxylation is 1. The minimum absolute atomic E-state index is 1.02. The number of benzene rings is 2. The second-order valence-electron chi connectivity index (χ2n) is 5.73. The van der Waals surface area contributed by atoms with E-state index in [0.29, 0.717) is 0 Å². The van der Waals surface area contributed by atoms with Crippen LogP contribution in [0.1, 0.15) is 0 Å². The molecule has 0 atom stereocenters. The monoisotopic (exact) mass is 283 g/mol. The summed E-state index contributed by atoms with van der Waals surface area (Å²) >= 11 is 0. The van der Waals surface area contributed by atoms with Crippen molar-refractivity contribution in [2.45, 2.75) is 0 Å². The molecule has 0 unspecified atom stereocenters. The van der Waals surface area contributed by atoms with Crippen LogP contribution in [0.4, 0.5) is 0 Å². The summed E-state index contributed by atoms with van der Waals surface area (Å²) < 4.78 is 2.09. The zero-order valence-electron chi connectivity index (χ0n) is 12.1. The molecule has 0 aliphatic heterocycles. The van der Waals surface area contributed by atoms with Crippen molar-refractivity contribution in [2.24, 2.45) is 7.05 Å². The Kier molecular flexibility index (Phi) is 2.15. The molecule has 0 spiro atoms. The number of hydrogen-bond acceptors (Lipinski definition) is 2.